The first-order valence-electron chi connectivity index (χ1n) is 21.8. The first kappa shape index (κ1) is 40.4. The lowest BCUT2D eigenvalue weighted by Crippen LogP contribution is -2.15. The van der Waals surface area contributed by atoms with Gasteiger partial charge in [0.2, 0.25) is 0 Å². The number of hydrogen-bond donors (Lipinski definition) is 0. The van der Waals surface area contributed by atoms with Crippen LogP contribution in [0.1, 0.15) is 33.4 Å². The molecule has 2 aliphatic carbocycles. The maximum absolute atomic E-state index is 5.50. The van der Waals surface area contributed by atoms with Crippen LogP contribution in [0.5, 0.6) is 11.5 Å². The summed E-state index contributed by atoms with van der Waals surface area (Å²) in [5.74, 6) is 1.77. The van der Waals surface area contributed by atoms with Crippen molar-refractivity contribution in [1.82, 2.24) is 9.97 Å². The molecule has 4 nitrogen and oxygen atoms in total. The molecule has 312 valence electrons. The summed E-state index contributed by atoms with van der Waals surface area (Å²) in [6.07, 6.45) is 4.11. The first-order chi connectivity index (χ1) is 31.2. The number of pyridine rings is 2. The molecule has 64 heavy (non-hydrogen) atoms. The number of aromatic nitrogens is 2. The van der Waals surface area contributed by atoms with Crippen LogP contribution in [0.4, 0.5) is 0 Å². The maximum Gasteiger partial charge on any atom is 0.119 e. The van der Waals surface area contributed by atoms with Gasteiger partial charge in [-0.3, -0.25) is 0 Å². The zero-order valence-corrected chi connectivity index (χ0v) is 39.3. The number of fused-ring (bicyclic) bond motifs is 12. The molecule has 0 radical (unpaired) electrons. The number of halogens is 2. The van der Waals surface area contributed by atoms with E-state index in [-0.39, 0.29) is 0 Å². The third kappa shape index (κ3) is 7.04. The molecule has 0 atom stereocenters. The van der Waals surface area contributed by atoms with Crippen molar-refractivity contribution < 1.29 is 9.47 Å². The van der Waals surface area contributed by atoms with Gasteiger partial charge in [0, 0.05) is 47.2 Å². The summed E-state index contributed by atoms with van der Waals surface area (Å²) in [7, 11) is 3.44. The van der Waals surface area contributed by atoms with Crippen molar-refractivity contribution >= 4 is 75.2 Å². The predicted octanol–water partition coefficient (Wildman–Crippen LogP) is 15.8. The van der Waals surface area contributed by atoms with Crippen LogP contribution in [0, 0.1) is 13.8 Å². The van der Waals surface area contributed by atoms with Crippen molar-refractivity contribution in [3.8, 4) is 56.3 Å². The minimum absolute atomic E-state index is 0.853. The van der Waals surface area contributed by atoms with Crippen molar-refractivity contribution in [2.45, 2.75) is 39.5 Å². The average Bonchev–Trinajstić information content (AvgIpc) is 3.31. The van der Waals surface area contributed by atoms with Gasteiger partial charge in [-0.1, -0.05) is 128 Å². The topological polar surface area (TPSA) is 44.2 Å². The lowest BCUT2D eigenvalue weighted by Gasteiger charge is -2.29. The second-order valence-electron chi connectivity index (χ2n) is 17.1. The zero-order valence-electron chi connectivity index (χ0n) is 36.2. The van der Waals surface area contributed by atoms with E-state index in [1.807, 2.05) is 6.07 Å². The third-order valence-electron chi connectivity index (χ3n) is 13.1. The van der Waals surface area contributed by atoms with E-state index in [0.717, 1.165) is 84.7 Å². The summed E-state index contributed by atoms with van der Waals surface area (Å²) >= 11 is 7.36. The highest BCUT2D eigenvalue weighted by Crippen LogP contribution is 2.47. The second kappa shape index (κ2) is 16.3. The van der Waals surface area contributed by atoms with Crippen LogP contribution in [0.15, 0.2) is 155 Å². The van der Waals surface area contributed by atoms with Crippen LogP contribution in [-0.2, 0) is 25.7 Å². The Morgan fingerprint density at radius 1 is 0.438 bits per heavy atom. The molecule has 10 aromatic rings. The van der Waals surface area contributed by atoms with Gasteiger partial charge in [-0.2, -0.15) is 0 Å². The fraction of sp³-hybridized carbons (Fsp3) is 0.138. The van der Waals surface area contributed by atoms with Crippen LogP contribution in [0.25, 0.3) is 88.1 Å². The summed E-state index contributed by atoms with van der Waals surface area (Å²) < 4.78 is 13.1. The molecule has 2 aromatic heterocycles. The Bertz CT molecular complexity index is 3540. The van der Waals surface area contributed by atoms with Crippen LogP contribution in [-0.4, -0.2) is 24.2 Å². The van der Waals surface area contributed by atoms with Gasteiger partial charge in [-0.15, -0.1) is 0 Å². The highest BCUT2D eigenvalue weighted by atomic mass is 79.9. The average molecular weight is 961 g/mol. The quantitative estimate of drug-likeness (QED) is 0.130. The van der Waals surface area contributed by atoms with E-state index < -0.39 is 0 Å². The summed E-state index contributed by atoms with van der Waals surface area (Å²) in [6, 6.07) is 52.1. The number of hydrogen-bond acceptors (Lipinski definition) is 4. The molecular weight excluding hydrogens is 916 g/mol. The van der Waals surface area contributed by atoms with E-state index in [2.05, 4.69) is 185 Å². The molecule has 0 aliphatic heterocycles. The van der Waals surface area contributed by atoms with Crippen LogP contribution < -0.4 is 9.47 Å². The minimum Gasteiger partial charge on any atom is -0.497 e. The normalized spacial score (nSPS) is 12.6. The molecule has 0 N–H and O–H groups in total. The predicted molar refractivity (Wildman–Crippen MR) is 273 cm³/mol. The van der Waals surface area contributed by atoms with E-state index in [4.69, 9.17) is 19.4 Å². The van der Waals surface area contributed by atoms with Crippen molar-refractivity contribution in [2.24, 2.45) is 0 Å². The van der Waals surface area contributed by atoms with Crippen molar-refractivity contribution in [2.75, 3.05) is 14.2 Å². The standard InChI is InChI=1S/C29H24BrNO.C29H20BrNO/c2*1-17-6-10-23-18(14-17)7-11-25-27(20-4-3-5-21(30)15-20)26-12-8-19-16-22(32-2)9-13-24(19)29(26)31-28(23)25/h3-6,9-10,13-16H,7-8,11-12H2,1-2H3;3-16H,1-2H3. The molecule has 0 saturated heterocycles. The number of nitrogens with zero attached hydrogens (tertiary/aromatic N) is 2. The minimum atomic E-state index is 0.853. The SMILES string of the molecule is COc1ccc2c(c1)CCc1c-2nc2c(c1-c1cccc(Br)c1)CCc1cc(C)ccc1-2.COc1ccc2c(ccc3c(-c4cccc(Br)c4)c4ccc5cc(C)ccc5c4nc32)c1. The van der Waals surface area contributed by atoms with Crippen LogP contribution >= 0.6 is 31.9 Å². The van der Waals surface area contributed by atoms with Crippen molar-refractivity contribution in [3.63, 3.8) is 0 Å². The molecule has 2 aliphatic rings. The van der Waals surface area contributed by atoms with Gasteiger partial charge in [-0.25, -0.2) is 9.97 Å². The monoisotopic (exact) mass is 958 g/mol. The number of ether oxygens (including phenoxy) is 2. The van der Waals surface area contributed by atoms with E-state index in [1.54, 1.807) is 14.2 Å². The van der Waals surface area contributed by atoms with E-state index in [9.17, 15) is 0 Å². The first-order valence-corrected chi connectivity index (χ1v) is 23.4. The van der Waals surface area contributed by atoms with E-state index >= 15 is 0 Å². The van der Waals surface area contributed by atoms with Crippen molar-refractivity contribution in [1.29, 1.82) is 0 Å². The molecule has 0 fully saturated rings. The van der Waals surface area contributed by atoms with Gasteiger partial charge in [-0.05, 0) is 150 Å². The van der Waals surface area contributed by atoms with E-state index in [1.165, 1.54) is 82.9 Å². The number of methoxy groups -OCH3 is 2. The lowest BCUT2D eigenvalue weighted by molar-refractivity contribution is 0.414. The Morgan fingerprint density at radius 2 is 0.938 bits per heavy atom. The molecular formula is C58H44Br2N2O2. The summed E-state index contributed by atoms with van der Waals surface area (Å²) in [6.45, 7) is 4.30. The fourth-order valence-corrected chi connectivity index (χ4v) is 10.9. The molecule has 0 unspecified atom stereocenters. The maximum atomic E-state index is 5.50. The Balaban J connectivity index is 0.000000143. The number of rotatable bonds is 4. The Kier molecular flexibility index (Phi) is 10.3. The largest absolute Gasteiger partial charge is 0.497 e. The Hall–Kier alpha value is -6.34. The third-order valence-corrected chi connectivity index (χ3v) is 14.1. The highest BCUT2D eigenvalue weighted by Gasteiger charge is 2.29. The molecule has 8 aromatic carbocycles. The van der Waals surface area contributed by atoms with Crippen LogP contribution in [0.3, 0.4) is 0 Å². The van der Waals surface area contributed by atoms with Gasteiger partial charge in [0.25, 0.3) is 0 Å². The molecule has 2 heterocycles. The zero-order chi connectivity index (χ0) is 43.6. The van der Waals surface area contributed by atoms with E-state index in [0.29, 0.717) is 0 Å². The molecule has 12 rings (SSSR count). The molecule has 0 spiro atoms. The summed E-state index contributed by atoms with van der Waals surface area (Å²) in [5, 5.41) is 6.97. The number of aryl methyl sites for hydroxylation is 4. The number of benzene rings is 8. The molecule has 0 saturated carbocycles. The summed E-state index contributed by atoms with van der Waals surface area (Å²) in [5.41, 5.74) is 20.0. The van der Waals surface area contributed by atoms with Gasteiger partial charge >= 0.3 is 0 Å². The highest BCUT2D eigenvalue weighted by molar-refractivity contribution is 9.10. The smallest absolute Gasteiger partial charge is 0.119 e. The molecule has 0 amide bonds. The van der Waals surface area contributed by atoms with Gasteiger partial charge in [0.15, 0.2) is 0 Å². The van der Waals surface area contributed by atoms with Gasteiger partial charge in [0.1, 0.15) is 11.5 Å². The van der Waals surface area contributed by atoms with Crippen LogP contribution in [0.2, 0.25) is 0 Å². The van der Waals surface area contributed by atoms with Gasteiger partial charge < -0.3 is 9.47 Å². The van der Waals surface area contributed by atoms with Crippen molar-refractivity contribution in [3.05, 3.63) is 188 Å². The Labute approximate surface area is 390 Å². The fourth-order valence-electron chi connectivity index (χ4n) is 10.1. The Morgan fingerprint density at radius 3 is 1.56 bits per heavy atom. The molecule has 6 heteroatoms. The molecule has 0 bridgehead atoms. The second-order valence-corrected chi connectivity index (χ2v) is 18.9. The lowest BCUT2D eigenvalue weighted by atomic mass is 9.78. The summed E-state index contributed by atoms with van der Waals surface area (Å²) in [4.78, 5) is 10.7. The van der Waals surface area contributed by atoms with Gasteiger partial charge in [0.05, 0.1) is 36.6 Å².